The van der Waals surface area contributed by atoms with Gasteiger partial charge < -0.3 is 19.7 Å². The molecule has 4 atom stereocenters. The van der Waals surface area contributed by atoms with Gasteiger partial charge in [0.05, 0.1) is 50.8 Å². The quantitative estimate of drug-likeness (QED) is 0.664. The number of nitrogens with one attached hydrogen (secondary N) is 1. The molecule has 10 heteroatoms. The third-order valence-electron chi connectivity index (χ3n) is 6.69. The summed E-state index contributed by atoms with van der Waals surface area (Å²) in [5.74, 6) is 0.967. The molecule has 172 valence electrons. The van der Waals surface area contributed by atoms with Gasteiger partial charge in [0, 0.05) is 32.1 Å². The monoisotopic (exact) mass is 445 g/mol. The van der Waals surface area contributed by atoms with Crippen LogP contribution in [0.4, 0.5) is 20.6 Å². The van der Waals surface area contributed by atoms with E-state index in [0.29, 0.717) is 29.1 Å². The Bertz CT molecular complexity index is 910. The number of fused-ring (bicyclic) bond motifs is 1. The molecule has 0 radical (unpaired) electrons. The van der Waals surface area contributed by atoms with Crippen molar-refractivity contribution < 1.29 is 23.5 Å². The minimum Gasteiger partial charge on any atom is -0.442 e. The van der Waals surface area contributed by atoms with E-state index < -0.39 is 12.2 Å². The maximum absolute atomic E-state index is 14.9. The van der Waals surface area contributed by atoms with E-state index in [0.717, 1.165) is 39.4 Å². The average molecular weight is 445 g/mol. The van der Waals surface area contributed by atoms with Crippen molar-refractivity contribution in [3.05, 3.63) is 24.0 Å². The van der Waals surface area contributed by atoms with Crippen molar-refractivity contribution >= 4 is 29.6 Å². The molecular formula is C22H28FN5O4. The number of carbonyl (C=O) groups is 2. The fourth-order valence-electron chi connectivity index (χ4n) is 4.85. The number of hydrazone groups is 1. The Kier molecular flexibility index (Phi) is 5.62. The summed E-state index contributed by atoms with van der Waals surface area (Å²) in [6.07, 6.45) is 1.08. The summed E-state index contributed by atoms with van der Waals surface area (Å²) in [7, 11) is 0. The number of piperidine rings is 1. The topological polar surface area (TPSA) is 86.7 Å². The molecule has 1 N–H and O–H groups in total. The number of rotatable bonds is 6. The second-order valence-corrected chi connectivity index (χ2v) is 8.83. The fourth-order valence-corrected chi connectivity index (χ4v) is 4.85. The van der Waals surface area contributed by atoms with E-state index >= 15 is 0 Å². The number of carbonyl (C=O) groups excluding carboxylic acids is 2. The van der Waals surface area contributed by atoms with Gasteiger partial charge in [-0.3, -0.25) is 14.7 Å². The number of hydrogen-bond acceptors (Lipinski definition) is 7. The predicted octanol–water partition coefficient (Wildman–Crippen LogP) is 1.29. The second-order valence-electron chi connectivity index (χ2n) is 8.83. The van der Waals surface area contributed by atoms with E-state index in [9.17, 15) is 14.0 Å². The molecule has 0 bridgehead atoms. The van der Waals surface area contributed by atoms with Crippen molar-refractivity contribution in [2.45, 2.75) is 13.0 Å². The Morgan fingerprint density at radius 1 is 1.25 bits per heavy atom. The van der Waals surface area contributed by atoms with Crippen molar-refractivity contribution in [1.82, 2.24) is 10.3 Å². The van der Waals surface area contributed by atoms with Crippen LogP contribution in [-0.4, -0.2) is 81.8 Å². The molecule has 4 fully saturated rings. The third kappa shape index (κ3) is 4.23. The first-order chi connectivity index (χ1) is 15.5. The van der Waals surface area contributed by atoms with Crippen LogP contribution >= 0.6 is 0 Å². The molecule has 1 saturated carbocycles. The first kappa shape index (κ1) is 21.0. The highest BCUT2D eigenvalue weighted by Crippen LogP contribution is 2.52. The van der Waals surface area contributed by atoms with E-state index in [1.54, 1.807) is 12.1 Å². The van der Waals surface area contributed by atoms with Gasteiger partial charge in [0.15, 0.2) is 0 Å². The van der Waals surface area contributed by atoms with Crippen molar-refractivity contribution in [1.29, 1.82) is 0 Å². The minimum atomic E-state index is -0.530. The van der Waals surface area contributed by atoms with Gasteiger partial charge in [0.2, 0.25) is 5.91 Å². The normalized spacial score (nSPS) is 29.4. The van der Waals surface area contributed by atoms with E-state index in [1.165, 1.54) is 17.9 Å². The molecule has 3 aliphatic heterocycles. The average Bonchev–Trinajstić information content (AvgIpc) is 3.09. The number of ether oxygens (including phenoxy) is 2. The standard InChI is InChI=1S/C22H28FN5O4/c1-14(29)24-9-16-11-28(22(30)32-16)15-2-3-21(20(23)8-15)26-12-18-17(19(18)13-26)10-25-27-4-6-31-7-5-27/h2-3,8,10,16-19H,4-7,9,11-13H2,1H3,(H,24,29)/b25-10+/t16-,17?,18-,19+/m0/s1. The molecule has 5 rings (SSSR count). The Balaban J connectivity index is 1.16. The van der Waals surface area contributed by atoms with Crippen LogP contribution < -0.4 is 15.1 Å². The summed E-state index contributed by atoms with van der Waals surface area (Å²) < 4.78 is 25.5. The number of benzene rings is 1. The van der Waals surface area contributed by atoms with Crippen LogP contribution in [-0.2, 0) is 14.3 Å². The Labute approximate surface area is 186 Å². The Hall–Kier alpha value is -2.88. The van der Waals surface area contributed by atoms with Crippen LogP contribution in [0, 0.1) is 23.6 Å². The SMILES string of the molecule is CC(=O)NC[C@H]1CN(c2ccc(N3C[C@@H]4C(/C=N/N5CCOCC5)[C@@H]4C3)c(F)c2)C(=O)O1. The Morgan fingerprint density at radius 2 is 2.00 bits per heavy atom. The summed E-state index contributed by atoms with van der Waals surface area (Å²) in [6.45, 7) is 6.66. The number of morpholine rings is 1. The van der Waals surface area contributed by atoms with Gasteiger partial charge in [0.25, 0.3) is 0 Å². The van der Waals surface area contributed by atoms with E-state index in [-0.39, 0.29) is 24.8 Å². The maximum atomic E-state index is 14.9. The highest BCUT2D eigenvalue weighted by Gasteiger charge is 2.55. The van der Waals surface area contributed by atoms with Crippen molar-refractivity contribution in [2.24, 2.45) is 22.9 Å². The van der Waals surface area contributed by atoms with E-state index in [4.69, 9.17) is 9.47 Å². The van der Waals surface area contributed by atoms with Gasteiger partial charge in [0.1, 0.15) is 11.9 Å². The third-order valence-corrected chi connectivity index (χ3v) is 6.69. The molecule has 1 aromatic rings. The smallest absolute Gasteiger partial charge is 0.414 e. The van der Waals surface area contributed by atoms with Crippen LogP contribution in [0.25, 0.3) is 0 Å². The van der Waals surface area contributed by atoms with Crippen molar-refractivity contribution in [3.8, 4) is 0 Å². The van der Waals surface area contributed by atoms with E-state index in [1.807, 2.05) is 0 Å². The lowest BCUT2D eigenvalue weighted by Crippen LogP contribution is -2.33. The zero-order chi connectivity index (χ0) is 22.2. The fraction of sp³-hybridized carbons (Fsp3) is 0.591. The van der Waals surface area contributed by atoms with Crippen LogP contribution in [0.5, 0.6) is 0 Å². The number of nitrogens with zero attached hydrogens (tertiary/aromatic N) is 4. The molecule has 0 aromatic heterocycles. The van der Waals surface area contributed by atoms with Gasteiger partial charge in [-0.2, -0.15) is 5.10 Å². The molecular weight excluding hydrogens is 417 g/mol. The zero-order valence-electron chi connectivity index (χ0n) is 18.1. The molecule has 1 aromatic carbocycles. The summed E-state index contributed by atoms with van der Waals surface area (Å²) in [6, 6.07) is 4.88. The van der Waals surface area contributed by atoms with Crippen LogP contribution in [0.15, 0.2) is 23.3 Å². The molecule has 4 aliphatic rings. The number of amides is 2. The zero-order valence-corrected chi connectivity index (χ0v) is 18.1. The van der Waals surface area contributed by atoms with Crippen LogP contribution in [0.3, 0.4) is 0 Å². The Morgan fingerprint density at radius 3 is 2.69 bits per heavy atom. The molecule has 0 spiro atoms. The van der Waals surface area contributed by atoms with Gasteiger partial charge in [-0.25, -0.2) is 9.18 Å². The molecule has 2 amide bonds. The number of hydrogen-bond donors (Lipinski definition) is 1. The molecule has 1 unspecified atom stereocenters. The number of anilines is 2. The van der Waals surface area contributed by atoms with Gasteiger partial charge in [-0.15, -0.1) is 0 Å². The molecule has 9 nitrogen and oxygen atoms in total. The summed E-state index contributed by atoms with van der Waals surface area (Å²) >= 11 is 0. The highest BCUT2D eigenvalue weighted by molar-refractivity contribution is 5.90. The lowest BCUT2D eigenvalue weighted by atomic mass is 10.2. The number of cyclic esters (lactones) is 1. The highest BCUT2D eigenvalue weighted by atomic mass is 19.1. The molecule has 32 heavy (non-hydrogen) atoms. The maximum Gasteiger partial charge on any atom is 0.414 e. The van der Waals surface area contributed by atoms with Gasteiger partial charge in [-0.05, 0) is 30.0 Å². The second kappa shape index (κ2) is 8.57. The predicted molar refractivity (Wildman–Crippen MR) is 116 cm³/mol. The minimum absolute atomic E-state index is 0.187. The lowest BCUT2D eigenvalue weighted by molar-refractivity contribution is -0.119. The first-order valence-electron chi connectivity index (χ1n) is 11.1. The van der Waals surface area contributed by atoms with Crippen molar-refractivity contribution in [2.75, 3.05) is 62.3 Å². The molecule has 3 heterocycles. The van der Waals surface area contributed by atoms with Crippen LogP contribution in [0.1, 0.15) is 6.92 Å². The van der Waals surface area contributed by atoms with Crippen molar-refractivity contribution in [3.63, 3.8) is 0 Å². The van der Waals surface area contributed by atoms with Crippen LogP contribution in [0.2, 0.25) is 0 Å². The molecule has 3 saturated heterocycles. The lowest BCUT2D eigenvalue weighted by Gasteiger charge is -2.24. The van der Waals surface area contributed by atoms with Gasteiger partial charge >= 0.3 is 6.09 Å². The van der Waals surface area contributed by atoms with Gasteiger partial charge in [-0.1, -0.05) is 0 Å². The largest absolute Gasteiger partial charge is 0.442 e. The first-order valence-corrected chi connectivity index (χ1v) is 11.1. The number of halogens is 1. The summed E-state index contributed by atoms with van der Waals surface area (Å²) in [4.78, 5) is 26.7. The van der Waals surface area contributed by atoms with E-state index in [2.05, 4.69) is 26.5 Å². The molecule has 1 aliphatic carbocycles. The summed E-state index contributed by atoms with van der Waals surface area (Å²) in [5.41, 5.74) is 1.02. The summed E-state index contributed by atoms with van der Waals surface area (Å²) in [5, 5.41) is 9.29.